The third-order valence-corrected chi connectivity index (χ3v) is 8.00. The second kappa shape index (κ2) is 17.0. The summed E-state index contributed by atoms with van der Waals surface area (Å²) in [5.41, 5.74) is 4.99. The summed E-state index contributed by atoms with van der Waals surface area (Å²) >= 11 is 1.85. The van der Waals surface area contributed by atoms with Gasteiger partial charge in [-0.2, -0.15) is 0 Å². The van der Waals surface area contributed by atoms with Crippen LogP contribution in [0.4, 0.5) is 0 Å². The number of ether oxygens (including phenoxy) is 2. The molecule has 2 aromatic carbocycles. The van der Waals surface area contributed by atoms with Gasteiger partial charge in [0.15, 0.2) is 0 Å². The summed E-state index contributed by atoms with van der Waals surface area (Å²) in [6.07, 6.45) is 15.5. The van der Waals surface area contributed by atoms with Gasteiger partial charge in [0.25, 0.3) is 0 Å². The first-order valence-corrected chi connectivity index (χ1v) is 14.9. The fourth-order valence-electron chi connectivity index (χ4n) is 4.30. The molecule has 0 N–H and O–H groups in total. The van der Waals surface area contributed by atoms with Gasteiger partial charge in [0.2, 0.25) is 0 Å². The van der Waals surface area contributed by atoms with E-state index in [-0.39, 0.29) is 0 Å². The lowest BCUT2D eigenvalue weighted by Crippen LogP contribution is -2.00. The van der Waals surface area contributed by atoms with E-state index < -0.39 is 0 Å². The number of hydrogen-bond acceptors (Lipinski definition) is 3. The minimum absolute atomic E-state index is 0.817. The van der Waals surface area contributed by atoms with Gasteiger partial charge >= 0.3 is 0 Å². The molecule has 3 heteroatoms. The van der Waals surface area contributed by atoms with Crippen molar-refractivity contribution in [1.29, 1.82) is 0 Å². The molecule has 0 aromatic heterocycles. The fraction of sp³-hybridized carbons (Fsp3) is 0.625. The summed E-state index contributed by atoms with van der Waals surface area (Å²) in [5.74, 6) is 2.07. The van der Waals surface area contributed by atoms with E-state index in [2.05, 4.69) is 65.8 Å². The molecule has 0 amide bonds. The van der Waals surface area contributed by atoms with E-state index in [0.29, 0.717) is 0 Å². The van der Waals surface area contributed by atoms with Crippen LogP contribution in [0.25, 0.3) is 0 Å². The van der Waals surface area contributed by atoms with Crippen LogP contribution in [-0.4, -0.2) is 13.2 Å². The quantitative estimate of drug-likeness (QED) is 0.190. The molecule has 35 heavy (non-hydrogen) atoms. The third-order valence-electron chi connectivity index (χ3n) is 6.68. The van der Waals surface area contributed by atoms with Crippen LogP contribution in [0.2, 0.25) is 0 Å². The highest BCUT2D eigenvalue weighted by molar-refractivity contribution is 7.99. The van der Waals surface area contributed by atoms with Gasteiger partial charge in [-0.05, 0) is 87.1 Å². The van der Waals surface area contributed by atoms with E-state index in [0.717, 1.165) is 37.6 Å². The zero-order chi connectivity index (χ0) is 25.5. The Kier molecular flexibility index (Phi) is 14.3. The van der Waals surface area contributed by atoms with E-state index in [1.165, 1.54) is 96.3 Å². The highest BCUT2D eigenvalue weighted by Gasteiger charge is 2.11. The summed E-state index contributed by atoms with van der Waals surface area (Å²) in [6.45, 7) is 14.9. The molecule has 196 valence electrons. The van der Waals surface area contributed by atoms with Crippen LogP contribution < -0.4 is 9.47 Å². The molecule has 0 aliphatic heterocycles. The van der Waals surface area contributed by atoms with Crippen molar-refractivity contribution < 1.29 is 9.47 Å². The number of rotatable bonds is 18. The van der Waals surface area contributed by atoms with Crippen LogP contribution in [0, 0.1) is 27.7 Å². The molecule has 0 aliphatic rings. The number of benzene rings is 2. The van der Waals surface area contributed by atoms with Gasteiger partial charge in [0.05, 0.1) is 13.2 Å². The van der Waals surface area contributed by atoms with E-state index in [9.17, 15) is 0 Å². The van der Waals surface area contributed by atoms with Crippen molar-refractivity contribution in [3.8, 4) is 11.5 Å². The molecular formula is C32H50O2S. The molecular weight excluding hydrogens is 448 g/mol. The normalized spacial score (nSPS) is 11.1. The van der Waals surface area contributed by atoms with Gasteiger partial charge < -0.3 is 9.47 Å². The first-order chi connectivity index (χ1) is 17.0. The Labute approximate surface area is 220 Å². The standard InChI is InChI=1S/C32H50O2S/c1-7-9-11-13-15-17-19-33-29-21-27(5)31(23-25(29)3)35-32-24-26(4)30(22-28(32)6)34-20-18-16-14-12-10-8-2/h21-24H,7-20H2,1-6H3. The average Bonchev–Trinajstić information content (AvgIpc) is 2.83. The molecule has 0 atom stereocenters. The average molecular weight is 499 g/mol. The predicted molar refractivity (Wildman–Crippen MR) is 154 cm³/mol. The Morgan fingerprint density at radius 1 is 0.486 bits per heavy atom. The van der Waals surface area contributed by atoms with Crippen molar-refractivity contribution in [2.24, 2.45) is 0 Å². The maximum Gasteiger partial charge on any atom is 0.122 e. The smallest absolute Gasteiger partial charge is 0.122 e. The first-order valence-electron chi connectivity index (χ1n) is 14.1. The molecule has 0 heterocycles. The zero-order valence-corrected chi connectivity index (χ0v) is 24.3. The van der Waals surface area contributed by atoms with Crippen LogP contribution in [-0.2, 0) is 0 Å². The minimum Gasteiger partial charge on any atom is -0.493 e. The van der Waals surface area contributed by atoms with Gasteiger partial charge in [0.1, 0.15) is 11.5 Å². The largest absolute Gasteiger partial charge is 0.493 e. The zero-order valence-electron chi connectivity index (χ0n) is 23.4. The maximum absolute atomic E-state index is 6.14. The summed E-state index contributed by atoms with van der Waals surface area (Å²) in [7, 11) is 0. The van der Waals surface area contributed by atoms with E-state index in [4.69, 9.17) is 9.47 Å². The Morgan fingerprint density at radius 3 is 1.26 bits per heavy atom. The monoisotopic (exact) mass is 498 g/mol. The van der Waals surface area contributed by atoms with Gasteiger partial charge in [0, 0.05) is 9.79 Å². The lowest BCUT2D eigenvalue weighted by molar-refractivity contribution is 0.302. The van der Waals surface area contributed by atoms with E-state index >= 15 is 0 Å². The molecule has 0 saturated heterocycles. The van der Waals surface area contributed by atoms with Crippen molar-refractivity contribution in [3.05, 3.63) is 46.5 Å². The van der Waals surface area contributed by atoms with Crippen LogP contribution in [0.3, 0.4) is 0 Å². The molecule has 0 unspecified atom stereocenters. The fourth-order valence-corrected chi connectivity index (χ4v) is 5.45. The Hall–Kier alpha value is -1.61. The van der Waals surface area contributed by atoms with Crippen molar-refractivity contribution in [3.63, 3.8) is 0 Å². The van der Waals surface area contributed by atoms with Gasteiger partial charge in [-0.25, -0.2) is 0 Å². The Balaban J connectivity index is 1.89. The van der Waals surface area contributed by atoms with Crippen LogP contribution in [0.1, 0.15) is 113 Å². The molecule has 0 aliphatic carbocycles. The summed E-state index contributed by atoms with van der Waals surface area (Å²) in [4.78, 5) is 2.61. The van der Waals surface area contributed by atoms with Crippen molar-refractivity contribution in [2.45, 2.75) is 128 Å². The van der Waals surface area contributed by atoms with Gasteiger partial charge in [-0.15, -0.1) is 0 Å². The summed E-state index contributed by atoms with van der Waals surface area (Å²) in [6, 6.07) is 9.01. The van der Waals surface area contributed by atoms with Crippen LogP contribution >= 0.6 is 11.8 Å². The summed E-state index contributed by atoms with van der Waals surface area (Å²) in [5, 5.41) is 0. The number of unbranched alkanes of at least 4 members (excludes halogenated alkanes) is 10. The van der Waals surface area contributed by atoms with Gasteiger partial charge in [-0.3, -0.25) is 0 Å². The summed E-state index contributed by atoms with van der Waals surface area (Å²) < 4.78 is 12.3. The molecule has 2 nitrogen and oxygen atoms in total. The number of hydrogen-bond donors (Lipinski definition) is 0. The molecule has 2 aromatic rings. The minimum atomic E-state index is 0.817. The lowest BCUT2D eigenvalue weighted by atomic mass is 10.1. The third kappa shape index (κ3) is 10.9. The van der Waals surface area contributed by atoms with Crippen molar-refractivity contribution in [2.75, 3.05) is 13.2 Å². The lowest BCUT2D eigenvalue weighted by Gasteiger charge is -2.16. The molecule has 0 bridgehead atoms. The van der Waals surface area contributed by atoms with E-state index in [1.54, 1.807) is 0 Å². The highest BCUT2D eigenvalue weighted by Crippen LogP contribution is 2.38. The second-order valence-corrected chi connectivity index (χ2v) is 11.2. The highest BCUT2D eigenvalue weighted by atomic mass is 32.2. The Morgan fingerprint density at radius 2 is 0.857 bits per heavy atom. The maximum atomic E-state index is 6.14. The molecule has 0 spiro atoms. The molecule has 0 saturated carbocycles. The van der Waals surface area contributed by atoms with Gasteiger partial charge in [-0.1, -0.05) is 89.8 Å². The second-order valence-electron chi connectivity index (χ2n) is 10.1. The van der Waals surface area contributed by atoms with Crippen LogP contribution in [0.15, 0.2) is 34.1 Å². The number of aryl methyl sites for hydroxylation is 4. The molecule has 2 rings (SSSR count). The molecule has 0 radical (unpaired) electrons. The predicted octanol–water partition coefficient (Wildman–Crippen LogP) is 10.6. The first kappa shape index (κ1) is 29.6. The SMILES string of the molecule is CCCCCCCCOc1cc(C)c(Sc2cc(C)c(OCCCCCCCC)cc2C)cc1C. The van der Waals surface area contributed by atoms with Crippen molar-refractivity contribution >= 4 is 11.8 Å². The topological polar surface area (TPSA) is 18.5 Å². The van der Waals surface area contributed by atoms with Crippen molar-refractivity contribution in [1.82, 2.24) is 0 Å². The Bertz CT molecular complexity index is 803. The van der Waals surface area contributed by atoms with E-state index in [1.807, 2.05) is 11.8 Å². The molecule has 0 fully saturated rings. The van der Waals surface area contributed by atoms with Crippen LogP contribution in [0.5, 0.6) is 11.5 Å².